The molecule has 1 N–H and O–H groups in total. The third-order valence-corrected chi connectivity index (χ3v) is 3.80. The monoisotopic (exact) mass is 296 g/mol. The van der Waals surface area contributed by atoms with E-state index in [0.717, 1.165) is 44.4 Å². The predicted molar refractivity (Wildman–Crippen MR) is 78.2 cm³/mol. The Morgan fingerprint density at radius 1 is 1.38 bits per heavy atom. The van der Waals surface area contributed by atoms with Crippen LogP contribution in [0.1, 0.15) is 43.0 Å². The van der Waals surface area contributed by atoms with Crippen LogP contribution in [0.5, 0.6) is 0 Å². The molecule has 5 heteroatoms. The standard InChI is InChI=1S/C16H22F2N2O/c1-2-9-20(11-13-5-3-4-8-19-13)16(21)14-7-6-12(17)10-15(14)18/h6-7,10,13,19H,2-5,8-9,11H2,1H3. The van der Waals surface area contributed by atoms with Gasteiger partial charge in [-0.15, -0.1) is 0 Å². The fraction of sp³-hybridized carbons (Fsp3) is 0.562. The Hall–Kier alpha value is -1.49. The second kappa shape index (κ2) is 7.50. The van der Waals surface area contributed by atoms with Crippen LogP contribution in [0.25, 0.3) is 0 Å². The van der Waals surface area contributed by atoms with Crippen LogP contribution < -0.4 is 5.32 Å². The van der Waals surface area contributed by atoms with Crippen LogP contribution in [0.3, 0.4) is 0 Å². The fourth-order valence-corrected chi connectivity index (χ4v) is 2.72. The van der Waals surface area contributed by atoms with E-state index in [2.05, 4.69) is 5.32 Å². The second-order valence-corrected chi connectivity index (χ2v) is 5.52. The number of nitrogens with zero attached hydrogens (tertiary/aromatic N) is 1. The summed E-state index contributed by atoms with van der Waals surface area (Å²) in [6, 6.07) is 3.37. The molecule has 116 valence electrons. The molecule has 1 unspecified atom stereocenters. The maximum atomic E-state index is 13.8. The smallest absolute Gasteiger partial charge is 0.256 e. The Labute approximate surface area is 124 Å². The van der Waals surface area contributed by atoms with Gasteiger partial charge in [-0.3, -0.25) is 4.79 Å². The second-order valence-electron chi connectivity index (χ2n) is 5.52. The molecule has 1 aromatic rings. The molecule has 0 spiro atoms. The number of benzene rings is 1. The van der Waals surface area contributed by atoms with E-state index >= 15 is 0 Å². The van der Waals surface area contributed by atoms with Gasteiger partial charge >= 0.3 is 0 Å². The van der Waals surface area contributed by atoms with E-state index in [1.165, 1.54) is 6.07 Å². The maximum Gasteiger partial charge on any atom is 0.256 e. The van der Waals surface area contributed by atoms with E-state index in [4.69, 9.17) is 0 Å². The summed E-state index contributed by atoms with van der Waals surface area (Å²) in [4.78, 5) is 14.1. The number of hydrogen-bond donors (Lipinski definition) is 1. The highest BCUT2D eigenvalue weighted by atomic mass is 19.1. The molecular weight excluding hydrogens is 274 g/mol. The lowest BCUT2D eigenvalue weighted by Gasteiger charge is -2.30. The summed E-state index contributed by atoms with van der Waals surface area (Å²) in [5, 5.41) is 3.39. The molecule has 1 saturated heterocycles. The fourth-order valence-electron chi connectivity index (χ4n) is 2.72. The van der Waals surface area contributed by atoms with Crippen molar-refractivity contribution in [2.24, 2.45) is 0 Å². The Bertz CT molecular complexity index is 487. The lowest BCUT2D eigenvalue weighted by Crippen LogP contribution is -2.46. The van der Waals surface area contributed by atoms with Gasteiger partial charge in [0, 0.05) is 25.2 Å². The van der Waals surface area contributed by atoms with Crippen molar-refractivity contribution in [3.05, 3.63) is 35.4 Å². The van der Waals surface area contributed by atoms with Gasteiger partial charge in [0.1, 0.15) is 11.6 Å². The molecule has 1 aromatic carbocycles. The Morgan fingerprint density at radius 3 is 2.81 bits per heavy atom. The molecule has 1 amide bonds. The first-order valence-corrected chi connectivity index (χ1v) is 7.59. The van der Waals surface area contributed by atoms with Gasteiger partial charge in [-0.1, -0.05) is 13.3 Å². The largest absolute Gasteiger partial charge is 0.337 e. The molecule has 1 heterocycles. The SMILES string of the molecule is CCCN(CC1CCCCN1)C(=O)c1ccc(F)cc1F. The molecule has 0 aliphatic carbocycles. The third-order valence-electron chi connectivity index (χ3n) is 3.80. The summed E-state index contributed by atoms with van der Waals surface area (Å²) in [6.45, 7) is 4.09. The zero-order valence-corrected chi connectivity index (χ0v) is 12.4. The van der Waals surface area contributed by atoms with E-state index < -0.39 is 11.6 Å². The first-order valence-electron chi connectivity index (χ1n) is 7.59. The molecule has 0 saturated carbocycles. The van der Waals surface area contributed by atoms with Crippen molar-refractivity contribution in [1.29, 1.82) is 0 Å². The van der Waals surface area contributed by atoms with E-state index in [1.54, 1.807) is 4.90 Å². The lowest BCUT2D eigenvalue weighted by atomic mass is 10.0. The number of nitrogens with one attached hydrogen (secondary N) is 1. The van der Waals surface area contributed by atoms with Gasteiger partial charge in [-0.2, -0.15) is 0 Å². The number of amides is 1. The van der Waals surface area contributed by atoms with Crippen LogP contribution in [0.4, 0.5) is 8.78 Å². The van der Waals surface area contributed by atoms with Crippen molar-refractivity contribution in [2.75, 3.05) is 19.6 Å². The van der Waals surface area contributed by atoms with Gasteiger partial charge in [0.2, 0.25) is 0 Å². The highest BCUT2D eigenvalue weighted by Gasteiger charge is 2.23. The minimum absolute atomic E-state index is 0.0549. The Kier molecular flexibility index (Phi) is 5.67. The summed E-state index contributed by atoms with van der Waals surface area (Å²) in [7, 11) is 0. The number of carbonyl (C=O) groups is 1. The zero-order chi connectivity index (χ0) is 15.2. The van der Waals surface area contributed by atoms with E-state index in [1.807, 2.05) is 6.92 Å². The van der Waals surface area contributed by atoms with E-state index in [9.17, 15) is 13.6 Å². The lowest BCUT2D eigenvalue weighted by molar-refractivity contribution is 0.0727. The molecule has 1 fully saturated rings. The Balaban J connectivity index is 2.10. The highest BCUT2D eigenvalue weighted by Crippen LogP contribution is 2.15. The topological polar surface area (TPSA) is 32.3 Å². The van der Waals surface area contributed by atoms with Crippen LogP contribution >= 0.6 is 0 Å². The van der Waals surface area contributed by atoms with Crippen molar-refractivity contribution in [2.45, 2.75) is 38.6 Å². The average molecular weight is 296 g/mol. The molecular formula is C16H22F2N2O. The normalized spacial score (nSPS) is 18.5. The molecule has 0 aromatic heterocycles. The summed E-state index contributed by atoms with van der Waals surface area (Å²) in [5.74, 6) is -1.82. The number of carbonyl (C=O) groups excluding carboxylic acids is 1. The molecule has 1 aliphatic rings. The molecule has 0 bridgehead atoms. The molecule has 1 aliphatic heterocycles. The van der Waals surface area contributed by atoms with E-state index in [-0.39, 0.29) is 17.5 Å². The van der Waals surface area contributed by atoms with Crippen LogP contribution in [-0.2, 0) is 0 Å². The van der Waals surface area contributed by atoms with Gasteiger partial charge in [0.25, 0.3) is 5.91 Å². The molecule has 0 radical (unpaired) electrons. The van der Waals surface area contributed by atoms with Crippen LogP contribution in [0, 0.1) is 11.6 Å². The minimum Gasteiger partial charge on any atom is -0.337 e. The van der Waals surface area contributed by atoms with Crippen molar-refractivity contribution in [1.82, 2.24) is 10.2 Å². The molecule has 2 rings (SSSR count). The van der Waals surface area contributed by atoms with Crippen LogP contribution in [0.15, 0.2) is 18.2 Å². The summed E-state index contributed by atoms with van der Waals surface area (Å²) >= 11 is 0. The number of hydrogen-bond acceptors (Lipinski definition) is 2. The van der Waals surface area contributed by atoms with Gasteiger partial charge < -0.3 is 10.2 Å². The van der Waals surface area contributed by atoms with Gasteiger partial charge in [0.05, 0.1) is 5.56 Å². The summed E-state index contributed by atoms with van der Waals surface area (Å²) in [5.41, 5.74) is -0.0549. The average Bonchev–Trinajstić information content (AvgIpc) is 2.47. The predicted octanol–water partition coefficient (Wildman–Crippen LogP) is 2.96. The summed E-state index contributed by atoms with van der Waals surface area (Å²) in [6.07, 6.45) is 4.14. The number of rotatable bonds is 5. The molecule has 1 atom stereocenters. The van der Waals surface area contributed by atoms with Gasteiger partial charge in [-0.05, 0) is 37.9 Å². The molecule has 21 heavy (non-hydrogen) atoms. The third kappa shape index (κ3) is 4.24. The first-order chi connectivity index (χ1) is 10.1. The zero-order valence-electron chi connectivity index (χ0n) is 12.4. The number of halogens is 2. The van der Waals surface area contributed by atoms with Crippen molar-refractivity contribution < 1.29 is 13.6 Å². The Morgan fingerprint density at radius 2 is 2.19 bits per heavy atom. The van der Waals surface area contributed by atoms with E-state index in [0.29, 0.717) is 13.1 Å². The highest BCUT2D eigenvalue weighted by molar-refractivity contribution is 5.94. The summed E-state index contributed by atoms with van der Waals surface area (Å²) < 4.78 is 26.7. The first kappa shape index (κ1) is 15.9. The number of piperidine rings is 1. The minimum atomic E-state index is -0.794. The van der Waals surface area contributed by atoms with Gasteiger partial charge in [-0.25, -0.2) is 8.78 Å². The van der Waals surface area contributed by atoms with Crippen LogP contribution in [-0.4, -0.2) is 36.5 Å². The van der Waals surface area contributed by atoms with Gasteiger partial charge in [0.15, 0.2) is 0 Å². The van der Waals surface area contributed by atoms with Crippen molar-refractivity contribution in [3.8, 4) is 0 Å². The maximum absolute atomic E-state index is 13.8. The van der Waals surface area contributed by atoms with Crippen molar-refractivity contribution >= 4 is 5.91 Å². The molecule has 3 nitrogen and oxygen atoms in total. The van der Waals surface area contributed by atoms with Crippen LogP contribution in [0.2, 0.25) is 0 Å². The van der Waals surface area contributed by atoms with Crippen molar-refractivity contribution in [3.63, 3.8) is 0 Å². The quantitative estimate of drug-likeness (QED) is 0.906.